The van der Waals surface area contributed by atoms with Gasteiger partial charge in [-0.25, -0.2) is 0 Å². The van der Waals surface area contributed by atoms with Crippen LogP contribution in [0.1, 0.15) is 24.3 Å². The second kappa shape index (κ2) is 3.60. The van der Waals surface area contributed by atoms with Crippen molar-refractivity contribution in [2.75, 3.05) is 0 Å². The molecule has 0 amide bonds. The van der Waals surface area contributed by atoms with Crippen LogP contribution in [0.5, 0.6) is 0 Å². The van der Waals surface area contributed by atoms with Crippen LogP contribution in [0.3, 0.4) is 0 Å². The van der Waals surface area contributed by atoms with Crippen molar-refractivity contribution in [1.82, 2.24) is 0 Å². The van der Waals surface area contributed by atoms with Crippen molar-refractivity contribution >= 4 is 27.5 Å². The van der Waals surface area contributed by atoms with Gasteiger partial charge in [-0.05, 0) is 42.5 Å². The minimum absolute atomic E-state index is 0.115. The molecule has 1 aliphatic carbocycles. The first-order valence-corrected chi connectivity index (χ1v) is 5.47. The van der Waals surface area contributed by atoms with Crippen molar-refractivity contribution in [3.05, 3.63) is 33.3 Å². The molecule has 0 aromatic heterocycles. The van der Waals surface area contributed by atoms with Gasteiger partial charge >= 0.3 is 0 Å². The average Bonchev–Trinajstić information content (AvgIpc) is 2.04. The number of aliphatic hydroxyl groups excluding tert-OH is 1. The Kier molecular flexibility index (Phi) is 2.63. The van der Waals surface area contributed by atoms with E-state index in [1.165, 1.54) is 5.56 Å². The minimum atomic E-state index is -0.115. The lowest BCUT2D eigenvalue weighted by Gasteiger charge is -2.32. The topological polar surface area (TPSA) is 20.2 Å². The van der Waals surface area contributed by atoms with Crippen LogP contribution in [0.2, 0.25) is 5.02 Å². The van der Waals surface area contributed by atoms with Crippen LogP contribution in [0.15, 0.2) is 22.7 Å². The van der Waals surface area contributed by atoms with Crippen LogP contribution in [-0.4, -0.2) is 11.2 Å². The summed E-state index contributed by atoms with van der Waals surface area (Å²) in [6.07, 6.45) is 1.61. The lowest BCUT2D eigenvalue weighted by atomic mass is 9.78. The molecule has 0 saturated heterocycles. The second-order valence-corrected chi connectivity index (χ2v) is 4.78. The molecular weight excluding hydrogens is 251 g/mol. The molecule has 1 aromatic rings. The SMILES string of the molecule is OC1CC(c2cc(Cl)ccc2Br)C1. The third-order valence-corrected chi connectivity index (χ3v) is 3.47. The molecule has 13 heavy (non-hydrogen) atoms. The first-order chi connectivity index (χ1) is 6.16. The number of hydrogen-bond acceptors (Lipinski definition) is 1. The summed E-state index contributed by atoms with van der Waals surface area (Å²) in [5.41, 5.74) is 1.22. The molecular formula is C10H10BrClO. The zero-order valence-corrected chi connectivity index (χ0v) is 9.35. The molecule has 3 heteroatoms. The zero-order valence-electron chi connectivity index (χ0n) is 7.00. The Morgan fingerprint density at radius 3 is 2.69 bits per heavy atom. The fraction of sp³-hybridized carbons (Fsp3) is 0.400. The van der Waals surface area contributed by atoms with E-state index in [9.17, 15) is 5.11 Å². The van der Waals surface area contributed by atoms with Gasteiger partial charge in [-0.15, -0.1) is 0 Å². The smallest absolute Gasteiger partial charge is 0.0552 e. The van der Waals surface area contributed by atoms with Crippen molar-refractivity contribution < 1.29 is 5.11 Å². The van der Waals surface area contributed by atoms with Crippen molar-refractivity contribution in [1.29, 1.82) is 0 Å². The first-order valence-electron chi connectivity index (χ1n) is 4.30. The molecule has 70 valence electrons. The average molecular weight is 262 g/mol. The van der Waals surface area contributed by atoms with Crippen LogP contribution >= 0.6 is 27.5 Å². The zero-order chi connectivity index (χ0) is 9.42. The van der Waals surface area contributed by atoms with E-state index in [0.717, 1.165) is 22.3 Å². The van der Waals surface area contributed by atoms with E-state index in [1.807, 2.05) is 18.2 Å². The van der Waals surface area contributed by atoms with Crippen LogP contribution in [0, 0.1) is 0 Å². The highest BCUT2D eigenvalue weighted by atomic mass is 79.9. The van der Waals surface area contributed by atoms with Gasteiger partial charge in [-0.2, -0.15) is 0 Å². The number of halogens is 2. The monoisotopic (exact) mass is 260 g/mol. The molecule has 1 saturated carbocycles. The Hall–Kier alpha value is -0.0500. The van der Waals surface area contributed by atoms with Gasteiger partial charge in [0.05, 0.1) is 6.10 Å². The van der Waals surface area contributed by atoms with Crippen molar-refractivity contribution in [3.63, 3.8) is 0 Å². The summed E-state index contributed by atoms with van der Waals surface area (Å²) in [4.78, 5) is 0. The fourth-order valence-electron chi connectivity index (χ4n) is 1.67. The number of hydrogen-bond donors (Lipinski definition) is 1. The summed E-state index contributed by atoms with van der Waals surface area (Å²) in [6, 6.07) is 5.80. The fourth-order valence-corrected chi connectivity index (χ4v) is 2.42. The van der Waals surface area contributed by atoms with Crippen molar-refractivity contribution in [2.45, 2.75) is 24.9 Å². The van der Waals surface area contributed by atoms with Crippen LogP contribution in [0.25, 0.3) is 0 Å². The molecule has 1 N–H and O–H groups in total. The van der Waals surface area contributed by atoms with E-state index in [4.69, 9.17) is 11.6 Å². The van der Waals surface area contributed by atoms with E-state index in [1.54, 1.807) is 0 Å². The Morgan fingerprint density at radius 2 is 2.08 bits per heavy atom. The number of benzene rings is 1. The molecule has 2 rings (SSSR count). The molecule has 0 heterocycles. The summed E-state index contributed by atoms with van der Waals surface area (Å²) in [5, 5.41) is 9.96. The van der Waals surface area contributed by atoms with Gasteiger partial charge in [0.1, 0.15) is 0 Å². The molecule has 1 nitrogen and oxygen atoms in total. The maximum Gasteiger partial charge on any atom is 0.0552 e. The summed E-state index contributed by atoms with van der Waals surface area (Å²) in [6.45, 7) is 0. The van der Waals surface area contributed by atoms with E-state index >= 15 is 0 Å². The Balaban J connectivity index is 2.24. The maximum absolute atomic E-state index is 9.19. The molecule has 0 spiro atoms. The standard InChI is InChI=1S/C10H10BrClO/c11-10-2-1-7(12)5-9(10)6-3-8(13)4-6/h1-2,5-6,8,13H,3-4H2. The highest BCUT2D eigenvalue weighted by Gasteiger charge is 2.29. The predicted molar refractivity (Wildman–Crippen MR) is 57.1 cm³/mol. The van der Waals surface area contributed by atoms with Gasteiger partial charge in [0, 0.05) is 9.50 Å². The summed E-state index contributed by atoms with van der Waals surface area (Å²) >= 11 is 9.38. The minimum Gasteiger partial charge on any atom is -0.393 e. The van der Waals surface area contributed by atoms with Gasteiger partial charge < -0.3 is 5.11 Å². The predicted octanol–water partition coefficient (Wildman–Crippen LogP) is 3.34. The van der Waals surface area contributed by atoms with E-state index < -0.39 is 0 Å². The number of aliphatic hydroxyl groups is 1. The normalized spacial score (nSPS) is 27.0. The van der Waals surface area contributed by atoms with E-state index in [2.05, 4.69) is 15.9 Å². The molecule has 1 fully saturated rings. The third-order valence-electron chi connectivity index (χ3n) is 2.51. The first kappa shape index (κ1) is 9.50. The van der Waals surface area contributed by atoms with Gasteiger partial charge in [0.15, 0.2) is 0 Å². The molecule has 1 aliphatic rings. The Bertz CT molecular complexity index is 321. The molecule has 0 atom stereocenters. The van der Waals surface area contributed by atoms with Gasteiger partial charge in [-0.1, -0.05) is 27.5 Å². The van der Waals surface area contributed by atoms with Crippen LogP contribution in [0.4, 0.5) is 0 Å². The molecule has 0 radical (unpaired) electrons. The van der Waals surface area contributed by atoms with Crippen molar-refractivity contribution in [2.24, 2.45) is 0 Å². The van der Waals surface area contributed by atoms with E-state index in [-0.39, 0.29) is 6.10 Å². The highest BCUT2D eigenvalue weighted by Crippen LogP contribution is 2.40. The Morgan fingerprint density at radius 1 is 1.38 bits per heavy atom. The van der Waals surface area contributed by atoms with Crippen LogP contribution in [-0.2, 0) is 0 Å². The lowest BCUT2D eigenvalue weighted by Crippen LogP contribution is -2.26. The van der Waals surface area contributed by atoms with Crippen LogP contribution < -0.4 is 0 Å². The second-order valence-electron chi connectivity index (χ2n) is 3.49. The summed E-state index contributed by atoms with van der Waals surface area (Å²) in [5.74, 6) is 0.475. The van der Waals surface area contributed by atoms with Gasteiger partial charge in [0.2, 0.25) is 0 Å². The largest absolute Gasteiger partial charge is 0.393 e. The lowest BCUT2D eigenvalue weighted by molar-refractivity contribution is 0.0744. The summed E-state index contributed by atoms with van der Waals surface area (Å²) < 4.78 is 1.09. The molecule has 0 aliphatic heterocycles. The molecule has 0 bridgehead atoms. The summed E-state index contributed by atoms with van der Waals surface area (Å²) in [7, 11) is 0. The number of rotatable bonds is 1. The quantitative estimate of drug-likeness (QED) is 0.822. The Labute approximate surface area is 90.9 Å². The molecule has 0 unspecified atom stereocenters. The highest BCUT2D eigenvalue weighted by molar-refractivity contribution is 9.10. The van der Waals surface area contributed by atoms with E-state index in [0.29, 0.717) is 5.92 Å². The molecule has 1 aromatic carbocycles. The maximum atomic E-state index is 9.19. The third kappa shape index (κ3) is 1.90. The van der Waals surface area contributed by atoms with Crippen molar-refractivity contribution in [3.8, 4) is 0 Å². The van der Waals surface area contributed by atoms with Gasteiger partial charge in [-0.3, -0.25) is 0 Å². The van der Waals surface area contributed by atoms with Gasteiger partial charge in [0.25, 0.3) is 0 Å².